The molecule has 1 aromatic heterocycles. The van der Waals surface area contributed by atoms with E-state index >= 15 is 0 Å². The van der Waals surface area contributed by atoms with E-state index < -0.39 is 0 Å². The molecule has 1 fully saturated rings. The lowest BCUT2D eigenvalue weighted by Gasteiger charge is -2.33. The van der Waals surface area contributed by atoms with Crippen molar-refractivity contribution in [2.45, 2.75) is 32.7 Å². The number of ether oxygens (including phenoxy) is 1. The van der Waals surface area contributed by atoms with Gasteiger partial charge in [-0.25, -0.2) is 0 Å². The van der Waals surface area contributed by atoms with E-state index in [0.29, 0.717) is 18.5 Å². The smallest absolute Gasteiger partial charge is 0.188 e. The summed E-state index contributed by atoms with van der Waals surface area (Å²) < 4.78 is 5.47. The van der Waals surface area contributed by atoms with Crippen LogP contribution in [0.2, 0.25) is 0 Å². The number of guanidine groups is 1. The van der Waals surface area contributed by atoms with Gasteiger partial charge in [0.25, 0.3) is 0 Å². The van der Waals surface area contributed by atoms with Crippen LogP contribution >= 0.6 is 11.3 Å². The Morgan fingerprint density at radius 3 is 2.86 bits per heavy atom. The van der Waals surface area contributed by atoms with Gasteiger partial charge in [0.1, 0.15) is 0 Å². The molecule has 0 radical (unpaired) electrons. The third kappa shape index (κ3) is 5.26. The molecule has 2 heterocycles. The van der Waals surface area contributed by atoms with Crippen molar-refractivity contribution in [1.29, 1.82) is 0 Å². The Kier molecular flexibility index (Phi) is 7.15. The largest absolute Gasteiger partial charge is 0.379 e. The summed E-state index contributed by atoms with van der Waals surface area (Å²) >= 11 is 1.85. The van der Waals surface area contributed by atoms with Gasteiger partial charge < -0.3 is 15.8 Å². The summed E-state index contributed by atoms with van der Waals surface area (Å²) in [7, 11) is 0. The molecular formula is C16H28N4OS. The van der Waals surface area contributed by atoms with E-state index in [0.717, 1.165) is 45.7 Å². The molecule has 2 rings (SSSR count). The average molecular weight is 324 g/mol. The van der Waals surface area contributed by atoms with Crippen molar-refractivity contribution in [2.24, 2.45) is 10.7 Å². The molecule has 0 saturated carbocycles. The van der Waals surface area contributed by atoms with E-state index in [4.69, 9.17) is 10.5 Å². The minimum absolute atomic E-state index is 0.300. The summed E-state index contributed by atoms with van der Waals surface area (Å²) in [4.78, 5) is 9.73. The van der Waals surface area contributed by atoms with Crippen molar-refractivity contribution in [3.05, 3.63) is 21.9 Å². The summed E-state index contributed by atoms with van der Waals surface area (Å²) in [6, 6.07) is 4.70. The molecule has 0 aliphatic carbocycles. The predicted octanol–water partition coefficient (Wildman–Crippen LogP) is 2.13. The van der Waals surface area contributed by atoms with E-state index in [1.807, 2.05) is 11.3 Å². The van der Waals surface area contributed by atoms with E-state index in [2.05, 4.69) is 41.2 Å². The fourth-order valence-corrected chi connectivity index (χ4v) is 3.54. The maximum absolute atomic E-state index is 5.97. The Bertz CT molecular complexity index is 468. The standard InChI is InChI=1S/C16H28N4OS/c1-3-4-7-18-16(17)19-12-14(15-6-5-13(2)22-15)20-8-10-21-11-9-20/h5-6,14H,3-4,7-12H2,1-2H3,(H3,17,18,19). The molecule has 1 aliphatic rings. The number of aryl methyl sites for hydroxylation is 1. The summed E-state index contributed by atoms with van der Waals surface area (Å²) in [5.41, 5.74) is 5.97. The van der Waals surface area contributed by atoms with Crippen molar-refractivity contribution in [1.82, 2.24) is 10.2 Å². The lowest BCUT2D eigenvalue weighted by atomic mass is 10.2. The Balaban J connectivity index is 1.99. The third-order valence-electron chi connectivity index (χ3n) is 3.85. The van der Waals surface area contributed by atoms with Crippen LogP contribution in [0.5, 0.6) is 0 Å². The number of rotatable bonds is 7. The normalized spacial score (nSPS) is 18.4. The molecule has 1 aliphatic heterocycles. The van der Waals surface area contributed by atoms with Gasteiger partial charge in [-0.1, -0.05) is 13.3 Å². The van der Waals surface area contributed by atoms with Crippen molar-refractivity contribution in [3.8, 4) is 0 Å². The molecule has 3 N–H and O–H groups in total. The Morgan fingerprint density at radius 2 is 2.23 bits per heavy atom. The van der Waals surface area contributed by atoms with Gasteiger partial charge in [0.2, 0.25) is 0 Å². The number of unbranched alkanes of at least 4 members (excludes halogenated alkanes) is 1. The van der Waals surface area contributed by atoms with Crippen LogP contribution in [-0.4, -0.2) is 50.3 Å². The lowest BCUT2D eigenvalue weighted by Crippen LogP contribution is -2.40. The molecule has 1 saturated heterocycles. The van der Waals surface area contributed by atoms with Gasteiger partial charge >= 0.3 is 0 Å². The monoisotopic (exact) mass is 324 g/mol. The molecule has 0 aromatic carbocycles. The highest BCUT2D eigenvalue weighted by atomic mass is 32.1. The fourth-order valence-electron chi connectivity index (χ4n) is 2.54. The number of nitrogens with one attached hydrogen (secondary N) is 1. The highest BCUT2D eigenvalue weighted by molar-refractivity contribution is 7.12. The number of nitrogens with zero attached hydrogens (tertiary/aromatic N) is 2. The van der Waals surface area contributed by atoms with Crippen LogP contribution in [-0.2, 0) is 4.74 Å². The Hall–Kier alpha value is -1.11. The van der Waals surface area contributed by atoms with Crippen LogP contribution in [0.25, 0.3) is 0 Å². The van der Waals surface area contributed by atoms with E-state index in [1.165, 1.54) is 9.75 Å². The van der Waals surface area contributed by atoms with Gasteiger partial charge in [0, 0.05) is 29.4 Å². The second-order valence-corrected chi connectivity index (χ2v) is 6.94. The number of aliphatic imine (C=N–C) groups is 1. The second-order valence-electron chi connectivity index (χ2n) is 5.62. The Labute approximate surface area is 137 Å². The number of morpholine rings is 1. The van der Waals surface area contributed by atoms with E-state index in [1.54, 1.807) is 0 Å². The van der Waals surface area contributed by atoms with Gasteiger partial charge in [0.05, 0.1) is 25.8 Å². The van der Waals surface area contributed by atoms with Gasteiger partial charge in [-0.05, 0) is 25.5 Å². The zero-order valence-electron chi connectivity index (χ0n) is 13.7. The van der Waals surface area contributed by atoms with Crippen LogP contribution in [0.15, 0.2) is 17.1 Å². The second kappa shape index (κ2) is 9.12. The quantitative estimate of drug-likeness (QED) is 0.458. The zero-order chi connectivity index (χ0) is 15.8. The molecule has 5 nitrogen and oxygen atoms in total. The van der Waals surface area contributed by atoms with Crippen molar-refractivity contribution in [2.75, 3.05) is 39.4 Å². The fraction of sp³-hybridized carbons (Fsp3) is 0.688. The van der Waals surface area contributed by atoms with Crippen molar-refractivity contribution >= 4 is 17.3 Å². The summed E-state index contributed by atoms with van der Waals surface area (Å²) in [5, 5.41) is 3.19. The average Bonchev–Trinajstić information content (AvgIpc) is 2.95. The number of thiophene rings is 1. The third-order valence-corrected chi connectivity index (χ3v) is 4.95. The summed E-state index contributed by atoms with van der Waals surface area (Å²) in [5.74, 6) is 0.556. The van der Waals surface area contributed by atoms with Gasteiger partial charge in [-0.15, -0.1) is 11.3 Å². The molecule has 1 aromatic rings. The number of hydrogen-bond donors (Lipinski definition) is 2. The maximum atomic E-state index is 5.97. The number of hydrogen-bond acceptors (Lipinski definition) is 4. The molecule has 1 unspecified atom stereocenters. The first-order valence-corrected chi connectivity index (χ1v) is 8.94. The van der Waals surface area contributed by atoms with Gasteiger partial charge in [-0.3, -0.25) is 9.89 Å². The summed E-state index contributed by atoms with van der Waals surface area (Å²) in [6.45, 7) is 9.43. The first-order valence-electron chi connectivity index (χ1n) is 8.12. The van der Waals surface area contributed by atoms with Crippen LogP contribution in [0, 0.1) is 6.92 Å². The molecule has 0 bridgehead atoms. The summed E-state index contributed by atoms with van der Waals surface area (Å²) in [6.07, 6.45) is 2.28. The maximum Gasteiger partial charge on any atom is 0.188 e. The minimum atomic E-state index is 0.300. The molecule has 0 amide bonds. The SMILES string of the molecule is CCCCNC(N)=NCC(c1ccc(C)s1)N1CCOCC1. The topological polar surface area (TPSA) is 62.9 Å². The van der Waals surface area contributed by atoms with Crippen molar-refractivity contribution < 1.29 is 4.74 Å². The highest BCUT2D eigenvalue weighted by Gasteiger charge is 2.23. The first-order chi connectivity index (χ1) is 10.7. The van der Waals surface area contributed by atoms with E-state index in [9.17, 15) is 0 Å². The number of nitrogens with two attached hydrogens (primary N) is 1. The first kappa shape index (κ1) is 17.2. The molecule has 22 heavy (non-hydrogen) atoms. The van der Waals surface area contributed by atoms with Gasteiger partial charge in [-0.2, -0.15) is 0 Å². The minimum Gasteiger partial charge on any atom is -0.379 e. The molecule has 1 atom stereocenters. The molecule has 124 valence electrons. The highest BCUT2D eigenvalue weighted by Crippen LogP contribution is 2.28. The Morgan fingerprint density at radius 1 is 1.45 bits per heavy atom. The molecule has 0 spiro atoms. The van der Waals surface area contributed by atoms with Gasteiger partial charge in [0.15, 0.2) is 5.96 Å². The zero-order valence-corrected chi connectivity index (χ0v) is 14.5. The van der Waals surface area contributed by atoms with Crippen LogP contribution in [0.1, 0.15) is 35.6 Å². The molecular weight excluding hydrogens is 296 g/mol. The van der Waals surface area contributed by atoms with Crippen molar-refractivity contribution in [3.63, 3.8) is 0 Å². The predicted molar refractivity (Wildman–Crippen MR) is 93.6 cm³/mol. The van der Waals surface area contributed by atoms with E-state index in [-0.39, 0.29) is 0 Å². The lowest BCUT2D eigenvalue weighted by molar-refractivity contribution is 0.0187. The molecule has 6 heteroatoms. The van der Waals surface area contributed by atoms with Crippen LogP contribution in [0.3, 0.4) is 0 Å². The van der Waals surface area contributed by atoms with Crippen LogP contribution in [0.4, 0.5) is 0 Å². The van der Waals surface area contributed by atoms with Crippen LogP contribution < -0.4 is 11.1 Å².